The van der Waals surface area contributed by atoms with Gasteiger partial charge in [-0.2, -0.15) is 0 Å². The number of benzene rings is 1. The summed E-state index contributed by atoms with van der Waals surface area (Å²) in [4.78, 5) is 2.54. The molecule has 3 nitrogen and oxygen atoms in total. The van der Waals surface area contributed by atoms with Gasteiger partial charge in [0.05, 0.1) is 6.61 Å². The van der Waals surface area contributed by atoms with Gasteiger partial charge in [0.2, 0.25) is 0 Å². The molecule has 1 heterocycles. The minimum atomic E-state index is 0.820. The van der Waals surface area contributed by atoms with Crippen LogP contribution in [0.4, 0.5) is 0 Å². The highest BCUT2D eigenvalue weighted by molar-refractivity contribution is 5.33. The van der Waals surface area contributed by atoms with Crippen molar-refractivity contribution in [3.8, 4) is 5.75 Å². The molecule has 0 unspecified atom stereocenters. The van der Waals surface area contributed by atoms with Gasteiger partial charge in [-0.05, 0) is 44.0 Å². The normalized spacial score (nSPS) is 17.1. The molecular weight excluding hydrogens is 236 g/mol. The van der Waals surface area contributed by atoms with Gasteiger partial charge in [0, 0.05) is 19.6 Å². The number of nitrogens with one attached hydrogen (secondary N) is 1. The van der Waals surface area contributed by atoms with Gasteiger partial charge >= 0.3 is 0 Å². The van der Waals surface area contributed by atoms with Crippen LogP contribution >= 0.6 is 0 Å². The Morgan fingerprint density at radius 1 is 1.21 bits per heavy atom. The van der Waals surface area contributed by atoms with Crippen molar-refractivity contribution in [1.29, 1.82) is 0 Å². The molecule has 1 aliphatic rings. The highest BCUT2D eigenvalue weighted by Crippen LogP contribution is 2.18. The van der Waals surface area contributed by atoms with Gasteiger partial charge < -0.3 is 15.0 Å². The molecule has 0 saturated carbocycles. The summed E-state index contributed by atoms with van der Waals surface area (Å²) in [6, 6.07) is 8.36. The van der Waals surface area contributed by atoms with Crippen molar-refractivity contribution in [2.75, 3.05) is 39.3 Å². The minimum Gasteiger partial charge on any atom is -0.493 e. The van der Waals surface area contributed by atoms with E-state index in [9.17, 15) is 0 Å². The van der Waals surface area contributed by atoms with E-state index in [-0.39, 0.29) is 0 Å². The molecule has 1 aliphatic heterocycles. The zero-order valence-electron chi connectivity index (χ0n) is 12.0. The summed E-state index contributed by atoms with van der Waals surface area (Å²) in [5.41, 5.74) is 1.31. The maximum Gasteiger partial charge on any atom is 0.122 e. The number of rotatable bonds is 6. The van der Waals surface area contributed by atoms with Gasteiger partial charge in [-0.15, -0.1) is 0 Å². The SMILES string of the molecule is CCc1ccccc1OCCCN1CCCNCC1. The molecule has 0 bridgehead atoms. The van der Waals surface area contributed by atoms with Crippen molar-refractivity contribution in [3.05, 3.63) is 29.8 Å². The number of aryl methyl sites for hydroxylation is 1. The van der Waals surface area contributed by atoms with E-state index in [1.807, 2.05) is 0 Å². The van der Waals surface area contributed by atoms with E-state index in [1.165, 1.54) is 25.1 Å². The monoisotopic (exact) mass is 262 g/mol. The number of nitrogens with zero attached hydrogens (tertiary/aromatic N) is 1. The quantitative estimate of drug-likeness (QED) is 0.796. The molecule has 1 fully saturated rings. The Labute approximate surface area is 116 Å². The zero-order valence-corrected chi connectivity index (χ0v) is 12.0. The number of hydrogen-bond donors (Lipinski definition) is 1. The van der Waals surface area contributed by atoms with Crippen LogP contribution in [0.5, 0.6) is 5.75 Å². The van der Waals surface area contributed by atoms with Crippen LogP contribution in [0.2, 0.25) is 0 Å². The molecule has 2 rings (SSSR count). The molecule has 1 aromatic rings. The lowest BCUT2D eigenvalue weighted by molar-refractivity contribution is 0.243. The molecule has 1 saturated heterocycles. The van der Waals surface area contributed by atoms with Crippen molar-refractivity contribution < 1.29 is 4.74 Å². The van der Waals surface area contributed by atoms with Crippen LogP contribution in [0.15, 0.2) is 24.3 Å². The first-order chi connectivity index (χ1) is 9.40. The third-order valence-corrected chi connectivity index (χ3v) is 3.66. The summed E-state index contributed by atoms with van der Waals surface area (Å²) in [5.74, 6) is 1.06. The molecule has 1 N–H and O–H groups in total. The van der Waals surface area contributed by atoms with Gasteiger partial charge in [0.1, 0.15) is 5.75 Å². The molecule has 0 radical (unpaired) electrons. The lowest BCUT2D eigenvalue weighted by Crippen LogP contribution is -2.29. The van der Waals surface area contributed by atoms with Crippen molar-refractivity contribution in [2.24, 2.45) is 0 Å². The topological polar surface area (TPSA) is 24.5 Å². The van der Waals surface area contributed by atoms with Gasteiger partial charge in [-0.1, -0.05) is 25.1 Å². The molecule has 0 atom stereocenters. The summed E-state index contributed by atoms with van der Waals surface area (Å²) in [5, 5.41) is 3.44. The fraction of sp³-hybridized carbons (Fsp3) is 0.625. The van der Waals surface area contributed by atoms with Crippen LogP contribution in [-0.4, -0.2) is 44.2 Å². The average Bonchev–Trinajstić information content (AvgIpc) is 2.72. The number of hydrogen-bond acceptors (Lipinski definition) is 3. The smallest absolute Gasteiger partial charge is 0.122 e. The van der Waals surface area contributed by atoms with E-state index in [4.69, 9.17) is 4.74 Å². The Kier molecular flexibility index (Phi) is 6.18. The molecule has 3 heteroatoms. The minimum absolute atomic E-state index is 0.820. The Bertz CT molecular complexity index is 360. The van der Waals surface area contributed by atoms with Crippen LogP contribution in [0, 0.1) is 0 Å². The first-order valence-corrected chi connectivity index (χ1v) is 7.54. The number of para-hydroxylation sites is 1. The highest BCUT2D eigenvalue weighted by atomic mass is 16.5. The fourth-order valence-electron chi connectivity index (χ4n) is 2.53. The molecule has 0 spiro atoms. The molecule has 0 aromatic heterocycles. The van der Waals surface area contributed by atoms with Gasteiger partial charge in [0.15, 0.2) is 0 Å². The molecule has 0 amide bonds. The van der Waals surface area contributed by atoms with E-state index >= 15 is 0 Å². The van der Waals surface area contributed by atoms with Crippen LogP contribution < -0.4 is 10.1 Å². The average molecular weight is 262 g/mol. The van der Waals surface area contributed by atoms with E-state index in [0.717, 1.165) is 44.8 Å². The first kappa shape index (κ1) is 14.4. The van der Waals surface area contributed by atoms with E-state index in [0.29, 0.717) is 0 Å². The summed E-state index contributed by atoms with van der Waals surface area (Å²) in [6.07, 6.45) is 3.41. The second kappa shape index (κ2) is 8.18. The van der Waals surface area contributed by atoms with Crippen LogP contribution in [0.1, 0.15) is 25.3 Å². The molecular formula is C16H26N2O. The third-order valence-electron chi connectivity index (χ3n) is 3.66. The van der Waals surface area contributed by atoms with Crippen molar-refractivity contribution in [1.82, 2.24) is 10.2 Å². The summed E-state index contributed by atoms with van der Waals surface area (Å²) in [7, 11) is 0. The standard InChI is InChI=1S/C16H26N2O/c1-2-15-7-3-4-8-16(15)19-14-6-12-18-11-5-9-17-10-13-18/h3-4,7-8,17H,2,5-6,9-14H2,1H3. The van der Waals surface area contributed by atoms with Crippen LogP contribution in [0.25, 0.3) is 0 Å². The highest BCUT2D eigenvalue weighted by Gasteiger charge is 2.08. The second-order valence-electron chi connectivity index (χ2n) is 5.11. The fourth-order valence-corrected chi connectivity index (χ4v) is 2.53. The van der Waals surface area contributed by atoms with E-state index in [1.54, 1.807) is 0 Å². The van der Waals surface area contributed by atoms with Crippen molar-refractivity contribution in [3.63, 3.8) is 0 Å². The Morgan fingerprint density at radius 2 is 2.11 bits per heavy atom. The second-order valence-corrected chi connectivity index (χ2v) is 5.11. The largest absolute Gasteiger partial charge is 0.493 e. The molecule has 1 aromatic carbocycles. The summed E-state index contributed by atoms with van der Waals surface area (Å²) >= 11 is 0. The lowest BCUT2D eigenvalue weighted by Gasteiger charge is -2.19. The lowest BCUT2D eigenvalue weighted by atomic mass is 10.1. The maximum absolute atomic E-state index is 5.91. The predicted octanol–water partition coefficient (Wildman–Crippen LogP) is 2.31. The van der Waals surface area contributed by atoms with Crippen LogP contribution in [0.3, 0.4) is 0 Å². The van der Waals surface area contributed by atoms with Gasteiger partial charge in [-0.25, -0.2) is 0 Å². The first-order valence-electron chi connectivity index (χ1n) is 7.54. The molecule has 0 aliphatic carbocycles. The third kappa shape index (κ3) is 4.84. The molecule has 106 valence electrons. The summed E-state index contributed by atoms with van der Waals surface area (Å²) in [6.45, 7) is 8.82. The van der Waals surface area contributed by atoms with Gasteiger partial charge in [-0.3, -0.25) is 0 Å². The predicted molar refractivity (Wildman–Crippen MR) is 79.9 cm³/mol. The zero-order chi connectivity index (χ0) is 13.3. The van der Waals surface area contributed by atoms with E-state index in [2.05, 4.69) is 41.4 Å². The Hall–Kier alpha value is -1.06. The van der Waals surface area contributed by atoms with Crippen LogP contribution in [-0.2, 0) is 6.42 Å². The molecule has 19 heavy (non-hydrogen) atoms. The van der Waals surface area contributed by atoms with Gasteiger partial charge in [0.25, 0.3) is 0 Å². The van der Waals surface area contributed by atoms with E-state index < -0.39 is 0 Å². The van der Waals surface area contributed by atoms with Crippen molar-refractivity contribution in [2.45, 2.75) is 26.2 Å². The summed E-state index contributed by atoms with van der Waals surface area (Å²) < 4.78 is 5.91. The maximum atomic E-state index is 5.91. The Balaban J connectivity index is 1.68. The Morgan fingerprint density at radius 3 is 3.00 bits per heavy atom. The number of ether oxygens (including phenoxy) is 1. The van der Waals surface area contributed by atoms with Crippen molar-refractivity contribution >= 4 is 0 Å².